The Balaban J connectivity index is 1.95. The number of hydrogen-bond acceptors (Lipinski definition) is 3. The van der Waals surface area contributed by atoms with E-state index in [-0.39, 0.29) is 17.3 Å². The molecular weight excluding hydrogens is 371 g/mol. The molecule has 4 rings (SSSR count). The van der Waals surface area contributed by atoms with Gasteiger partial charge in [-0.2, -0.15) is 0 Å². The van der Waals surface area contributed by atoms with Gasteiger partial charge < -0.3 is 9.72 Å². The molecule has 0 saturated heterocycles. The van der Waals surface area contributed by atoms with Crippen LogP contribution in [0.4, 0.5) is 4.39 Å². The molecule has 1 atom stereocenters. The van der Waals surface area contributed by atoms with E-state index in [1.165, 1.54) is 12.1 Å². The molecule has 0 aliphatic heterocycles. The number of methoxy groups -OCH3 is 1. The van der Waals surface area contributed by atoms with E-state index in [2.05, 4.69) is 4.98 Å². The van der Waals surface area contributed by atoms with Gasteiger partial charge in [0.15, 0.2) is 0 Å². The number of ether oxygens (including phenoxy) is 1. The third-order valence-electron chi connectivity index (χ3n) is 5.08. The van der Waals surface area contributed by atoms with Crippen LogP contribution in [0.1, 0.15) is 17.0 Å². The largest absolute Gasteiger partial charge is 0.497 e. The minimum absolute atomic E-state index is 0.295. The Hall–Kier alpha value is -3.67. The molecule has 29 heavy (non-hydrogen) atoms. The standard InChI is InChI=1S/C23H19FN2O3/c1-29-18-12-8-16(9-13-18)23-22(19-4-2-3-5-21(19)25-23)20(14-26(27)28)15-6-10-17(24)11-7-15/h2-13,20,25H,14H2,1H3/t20-/m1/s1. The maximum Gasteiger partial charge on any atom is 0.214 e. The van der Waals surface area contributed by atoms with Gasteiger partial charge in [-0.25, -0.2) is 4.39 Å². The first-order valence-corrected chi connectivity index (χ1v) is 9.19. The lowest BCUT2D eigenvalue weighted by Crippen LogP contribution is -2.14. The van der Waals surface area contributed by atoms with Crippen LogP contribution in [0.25, 0.3) is 22.2 Å². The van der Waals surface area contributed by atoms with E-state index in [9.17, 15) is 14.5 Å². The summed E-state index contributed by atoms with van der Waals surface area (Å²) >= 11 is 0. The van der Waals surface area contributed by atoms with Gasteiger partial charge >= 0.3 is 0 Å². The highest BCUT2D eigenvalue weighted by Gasteiger charge is 2.27. The molecule has 0 saturated carbocycles. The first-order valence-electron chi connectivity index (χ1n) is 9.19. The number of nitrogens with zero attached hydrogens (tertiary/aromatic N) is 1. The van der Waals surface area contributed by atoms with Crippen LogP contribution >= 0.6 is 0 Å². The van der Waals surface area contributed by atoms with E-state index in [0.29, 0.717) is 5.56 Å². The number of H-pyrrole nitrogens is 1. The average Bonchev–Trinajstić information content (AvgIpc) is 3.12. The first-order chi connectivity index (χ1) is 14.1. The highest BCUT2D eigenvalue weighted by molar-refractivity contribution is 5.92. The predicted octanol–water partition coefficient (Wildman–Crippen LogP) is 5.39. The van der Waals surface area contributed by atoms with Crippen molar-refractivity contribution in [2.45, 2.75) is 5.92 Å². The number of nitro groups is 1. The summed E-state index contributed by atoms with van der Waals surface area (Å²) in [6.07, 6.45) is 0. The minimum Gasteiger partial charge on any atom is -0.497 e. The lowest BCUT2D eigenvalue weighted by molar-refractivity contribution is -0.481. The number of fused-ring (bicyclic) bond motifs is 1. The second kappa shape index (κ2) is 7.75. The van der Waals surface area contributed by atoms with Crippen LogP contribution in [0, 0.1) is 15.9 Å². The molecule has 3 aromatic carbocycles. The van der Waals surface area contributed by atoms with Gasteiger partial charge in [0.1, 0.15) is 11.6 Å². The fourth-order valence-corrected chi connectivity index (χ4v) is 3.72. The number of halogens is 1. The molecule has 1 N–H and O–H groups in total. The van der Waals surface area contributed by atoms with E-state index >= 15 is 0 Å². The monoisotopic (exact) mass is 390 g/mol. The molecule has 0 unspecified atom stereocenters. The Morgan fingerprint density at radius 2 is 1.72 bits per heavy atom. The van der Waals surface area contributed by atoms with Crippen molar-refractivity contribution in [2.24, 2.45) is 0 Å². The molecule has 1 heterocycles. The SMILES string of the molecule is COc1ccc(-c2[nH]c3ccccc3c2[C@H](C[N+](=O)[O-])c2ccc(F)cc2)cc1. The Morgan fingerprint density at radius 3 is 2.38 bits per heavy atom. The number of aromatic amines is 1. The summed E-state index contributed by atoms with van der Waals surface area (Å²) in [6.45, 7) is -0.295. The number of nitrogens with one attached hydrogen (secondary N) is 1. The van der Waals surface area contributed by atoms with Crippen molar-refractivity contribution in [2.75, 3.05) is 13.7 Å². The van der Waals surface area contributed by atoms with Crippen molar-refractivity contribution in [3.63, 3.8) is 0 Å². The molecule has 0 radical (unpaired) electrons. The van der Waals surface area contributed by atoms with E-state index in [1.54, 1.807) is 19.2 Å². The predicted molar refractivity (Wildman–Crippen MR) is 110 cm³/mol. The molecule has 1 aromatic heterocycles. The summed E-state index contributed by atoms with van der Waals surface area (Å²) in [5.74, 6) is -0.173. The third kappa shape index (κ3) is 3.69. The van der Waals surface area contributed by atoms with Crippen LogP contribution in [0.2, 0.25) is 0 Å². The van der Waals surface area contributed by atoms with E-state index < -0.39 is 5.92 Å². The van der Waals surface area contributed by atoms with Gasteiger partial charge in [-0.05, 0) is 59.2 Å². The minimum atomic E-state index is -0.529. The second-order valence-corrected chi connectivity index (χ2v) is 6.81. The van der Waals surface area contributed by atoms with Gasteiger partial charge in [0.05, 0.1) is 18.7 Å². The molecular formula is C23H19FN2O3. The van der Waals surface area contributed by atoms with Crippen LogP contribution < -0.4 is 4.74 Å². The van der Waals surface area contributed by atoms with Gasteiger partial charge in [-0.3, -0.25) is 10.1 Å². The summed E-state index contributed by atoms with van der Waals surface area (Å²) in [4.78, 5) is 14.6. The number of aromatic nitrogens is 1. The Kier molecular flexibility index (Phi) is 4.99. The van der Waals surface area contributed by atoms with Crippen LogP contribution in [0.5, 0.6) is 5.75 Å². The summed E-state index contributed by atoms with van der Waals surface area (Å²) in [5.41, 5.74) is 4.12. The number of rotatable bonds is 6. The van der Waals surface area contributed by atoms with Gasteiger partial charge in [0.25, 0.3) is 0 Å². The Labute approximate surface area is 166 Å². The Bertz CT molecular complexity index is 1150. The molecule has 4 aromatic rings. The van der Waals surface area contributed by atoms with Crippen molar-refractivity contribution in [1.82, 2.24) is 4.98 Å². The first kappa shape index (κ1) is 18.7. The highest BCUT2D eigenvalue weighted by Crippen LogP contribution is 2.39. The van der Waals surface area contributed by atoms with Crippen LogP contribution in [0.3, 0.4) is 0 Å². The third-order valence-corrected chi connectivity index (χ3v) is 5.08. The van der Waals surface area contributed by atoms with Gasteiger partial charge in [-0.15, -0.1) is 0 Å². The molecule has 0 amide bonds. The van der Waals surface area contributed by atoms with E-state index in [0.717, 1.165) is 33.5 Å². The zero-order chi connectivity index (χ0) is 20.4. The van der Waals surface area contributed by atoms with Crippen LogP contribution in [-0.4, -0.2) is 23.6 Å². The molecule has 0 aliphatic rings. The van der Waals surface area contributed by atoms with Crippen molar-refractivity contribution in [3.05, 3.63) is 99.9 Å². The normalized spacial score (nSPS) is 12.1. The smallest absolute Gasteiger partial charge is 0.214 e. The van der Waals surface area contributed by atoms with Crippen molar-refractivity contribution < 1.29 is 14.1 Å². The average molecular weight is 390 g/mol. The quantitative estimate of drug-likeness (QED) is 0.354. The molecule has 0 spiro atoms. The van der Waals surface area contributed by atoms with Gasteiger partial charge in [0, 0.05) is 15.8 Å². The highest BCUT2D eigenvalue weighted by atomic mass is 19.1. The molecule has 0 bridgehead atoms. The number of para-hydroxylation sites is 1. The zero-order valence-corrected chi connectivity index (χ0v) is 15.8. The maximum absolute atomic E-state index is 13.5. The van der Waals surface area contributed by atoms with Crippen molar-refractivity contribution in [1.29, 1.82) is 0 Å². The molecule has 5 nitrogen and oxygen atoms in total. The lowest BCUT2D eigenvalue weighted by atomic mass is 9.87. The van der Waals surface area contributed by atoms with Crippen molar-refractivity contribution in [3.8, 4) is 17.0 Å². The number of hydrogen-bond donors (Lipinski definition) is 1. The summed E-state index contributed by atoms with van der Waals surface area (Å²) in [7, 11) is 1.60. The molecule has 6 heteroatoms. The molecule has 0 aliphatic carbocycles. The van der Waals surface area contributed by atoms with E-state index in [4.69, 9.17) is 4.74 Å². The summed E-state index contributed by atoms with van der Waals surface area (Å²) < 4.78 is 18.7. The summed E-state index contributed by atoms with van der Waals surface area (Å²) in [6, 6.07) is 21.2. The van der Waals surface area contributed by atoms with Crippen LogP contribution in [0.15, 0.2) is 72.8 Å². The lowest BCUT2D eigenvalue weighted by Gasteiger charge is -2.16. The number of benzene rings is 3. The maximum atomic E-state index is 13.5. The van der Waals surface area contributed by atoms with Crippen LogP contribution in [-0.2, 0) is 0 Å². The zero-order valence-electron chi connectivity index (χ0n) is 15.8. The summed E-state index contributed by atoms with van der Waals surface area (Å²) in [5, 5.41) is 12.4. The molecule has 146 valence electrons. The van der Waals surface area contributed by atoms with Crippen molar-refractivity contribution >= 4 is 10.9 Å². The topological polar surface area (TPSA) is 68.2 Å². The fourth-order valence-electron chi connectivity index (χ4n) is 3.72. The Morgan fingerprint density at radius 1 is 1.03 bits per heavy atom. The van der Waals surface area contributed by atoms with Gasteiger partial charge in [0.2, 0.25) is 6.54 Å². The second-order valence-electron chi connectivity index (χ2n) is 6.81. The fraction of sp³-hybridized carbons (Fsp3) is 0.130. The van der Waals surface area contributed by atoms with E-state index in [1.807, 2.05) is 48.5 Å². The van der Waals surface area contributed by atoms with Gasteiger partial charge in [-0.1, -0.05) is 30.3 Å². The molecule has 0 fully saturated rings.